The maximum absolute atomic E-state index is 11.9. The van der Waals surface area contributed by atoms with Gasteiger partial charge in [0.15, 0.2) is 5.78 Å². The molecule has 1 heteroatoms. The third kappa shape index (κ3) is 3.17. The molecule has 0 heterocycles. The van der Waals surface area contributed by atoms with Crippen LogP contribution in [0, 0.1) is 0 Å². The minimum atomic E-state index is -0.0346. The molecule has 3 rings (SSSR count). The molecule has 0 fully saturated rings. The standard InChI is InChI=1S/C20H14O/c21-20(18-9-2-1-3-10-18)12-6-7-16-13-14-17-8-4-5-11-19(17)15-16/h1-5,7-15H. The Morgan fingerprint density at radius 1 is 0.810 bits per heavy atom. The molecule has 0 saturated heterocycles. The number of fused-ring (bicyclic) bond motifs is 1. The summed E-state index contributed by atoms with van der Waals surface area (Å²) in [5.74, 6) is -0.0346. The topological polar surface area (TPSA) is 17.1 Å². The Kier molecular flexibility index (Phi) is 3.77. The fourth-order valence-electron chi connectivity index (χ4n) is 2.20. The summed E-state index contributed by atoms with van der Waals surface area (Å²) in [6, 6.07) is 23.6. The van der Waals surface area contributed by atoms with Crippen molar-refractivity contribution in [3.05, 3.63) is 95.7 Å². The van der Waals surface area contributed by atoms with Crippen molar-refractivity contribution in [2.75, 3.05) is 0 Å². The Labute approximate surface area is 123 Å². The van der Waals surface area contributed by atoms with E-state index in [-0.39, 0.29) is 5.78 Å². The van der Waals surface area contributed by atoms with Gasteiger partial charge in [0, 0.05) is 11.6 Å². The molecule has 3 aromatic rings. The highest BCUT2D eigenvalue weighted by atomic mass is 16.1. The number of hydrogen-bond acceptors (Lipinski definition) is 1. The molecule has 0 N–H and O–H groups in total. The number of carbonyl (C=O) groups excluding carboxylic acids is 1. The van der Waals surface area contributed by atoms with Crippen LogP contribution in [0.2, 0.25) is 0 Å². The second-order valence-corrected chi connectivity index (χ2v) is 4.79. The Balaban J connectivity index is 1.84. The Morgan fingerprint density at radius 3 is 2.33 bits per heavy atom. The van der Waals surface area contributed by atoms with E-state index >= 15 is 0 Å². The summed E-state index contributed by atoms with van der Waals surface area (Å²) in [5.41, 5.74) is 4.68. The molecule has 100 valence electrons. The van der Waals surface area contributed by atoms with Crippen LogP contribution in [-0.4, -0.2) is 5.78 Å². The first-order valence-electron chi connectivity index (χ1n) is 6.83. The Morgan fingerprint density at radius 2 is 1.52 bits per heavy atom. The summed E-state index contributed by atoms with van der Waals surface area (Å²) < 4.78 is 0. The predicted molar refractivity (Wildman–Crippen MR) is 87.3 cm³/mol. The van der Waals surface area contributed by atoms with E-state index in [4.69, 9.17) is 0 Å². The van der Waals surface area contributed by atoms with Gasteiger partial charge in [0.1, 0.15) is 0 Å². The monoisotopic (exact) mass is 270 g/mol. The zero-order valence-corrected chi connectivity index (χ0v) is 11.5. The van der Waals surface area contributed by atoms with Crippen molar-refractivity contribution in [2.45, 2.75) is 0 Å². The lowest BCUT2D eigenvalue weighted by molar-refractivity contribution is 0.104. The van der Waals surface area contributed by atoms with Crippen LogP contribution in [-0.2, 0) is 0 Å². The van der Waals surface area contributed by atoms with E-state index in [0.717, 1.165) is 5.56 Å². The van der Waals surface area contributed by atoms with Crippen LogP contribution in [0.25, 0.3) is 16.8 Å². The van der Waals surface area contributed by atoms with E-state index in [1.165, 1.54) is 16.8 Å². The van der Waals surface area contributed by atoms with Gasteiger partial charge >= 0.3 is 0 Å². The number of hydrogen-bond donors (Lipinski definition) is 0. The molecular formula is C20H14O. The van der Waals surface area contributed by atoms with E-state index in [0.29, 0.717) is 5.56 Å². The minimum Gasteiger partial charge on any atom is -0.289 e. The molecule has 0 spiro atoms. The average molecular weight is 270 g/mol. The lowest BCUT2D eigenvalue weighted by Gasteiger charge is -1.97. The van der Waals surface area contributed by atoms with Crippen molar-refractivity contribution in [1.29, 1.82) is 0 Å². The van der Waals surface area contributed by atoms with E-state index in [9.17, 15) is 4.79 Å². The van der Waals surface area contributed by atoms with Crippen molar-refractivity contribution in [3.63, 3.8) is 0 Å². The SMILES string of the molecule is O=C(C=C=Cc1ccc2ccccc2c1)c1ccccc1. The molecule has 0 unspecified atom stereocenters. The number of ketones is 1. The summed E-state index contributed by atoms with van der Waals surface area (Å²) in [6.45, 7) is 0. The van der Waals surface area contributed by atoms with Gasteiger partial charge in [0.2, 0.25) is 0 Å². The van der Waals surface area contributed by atoms with Gasteiger partial charge in [0.05, 0.1) is 0 Å². The maximum Gasteiger partial charge on any atom is 0.193 e. The second kappa shape index (κ2) is 6.04. The second-order valence-electron chi connectivity index (χ2n) is 4.79. The van der Waals surface area contributed by atoms with Crippen molar-refractivity contribution in [1.82, 2.24) is 0 Å². The smallest absolute Gasteiger partial charge is 0.193 e. The van der Waals surface area contributed by atoms with Crippen LogP contribution >= 0.6 is 0 Å². The van der Waals surface area contributed by atoms with Gasteiger partial charge in [-0.25, -0.2) is 0 Å². The van der Waals surface area contributed by atoms with Gasteiger partial charge in [-0.2, -0.15) is 0 Å². The molecule has 0 aliphatic rings. The van der Waals surface area contributed by atoms with E-state index in [1.54, 1.807) is 12.1 Å². The van der Waals surface area contributed by atoms with Gasteiger partial charge in [-0.3, -0.25) is 4.79 Å². The first-order valence-corrected chi connectivity index (χ1v) is 6.83. The molecule has 1 nitrogen and oxygen atoms in total. The summed E-state index contributed by atoms with van der Waals surface area (Å²) in [7, 11) is 0. The quantitative estimate of drug-likeness (QED) is 0.376. The first kappa shape index (κ1) is 13.1. The maximum atomic E-state index is 11.9. The molecule has 0 aliphatic heterocycles. The number of rotatable bonds is 3. The lowest BCUT2D eigenvalue weighted by Crippen LogP contribution is -1.91. The molecule has 0 radical (unpaired) electrons. The van der Waals surface area contributed by atoms with Gasteiger partial charge in [-0.15, -0.1) is 5.73 Å². The van der Waals surface area contributed by atoms with Crippen LogP contribution in [0.4, 0.5) is 0 Å². The summed E-state index contributed by atoms with van der Waals surface area (Å²) in [6.07, 6.45) is 3.30. The zero-order valence-electron chi connectivity index (χ0n) is 11.5. The zero-order chi connectivity index (χ0) is 14.5. The van der Waals surface area contributed by atoms with E-state index < -0.39 is 0 Å². The number of allylic oxidation sites excluding steroid dienone is 1. The normalized spacial score (nSPS) is 9.90. The summed E-state index contributed by atoms with van der Waals surface area (Å²) >= 11 is 0. The fraction of sp³-hybridized carbons (Fsp3) is 0. The third-order valence-electron chi connectivity index (χ3n) is 3.30. The molecule has 0 saturated carbocycles. The van der Waals surface area contributed by atoms with Crippen molar-refractivity contribution in [2.24, 2.45) is 0 Å². The molecule has 21 heavy (non-hydrogen) atoms. The molecule has 0 atom stereocenters. The van der Waals surface area contributed by atoms with E-state index in [2.05, 4.69) is 30.0 Å². The first-order chi connectivity index (χ1) is 10.3. The molecular weight excluding hydrogens is 256 g/mol. The van der Waals surface area contributed by atoms with Crippen molar-refractivity contribution >= 4 is 22.6 Å². The molecule has 0 bridgehead atoms. The van der Waals surface area contributed by atoms with Crippen LogP contribution in [0.1, 0.15) is 15.9 Å². The van der Waals surface area contributed by atoms with Crippen LogP contribution < -0.4 is 0 Å². The summed E-state index contributed by atoms with van der Waals surface area (Å²) in [5, 5.41) is 2.39. The van der Waals surface area contributed by atoms with Crippen molar-refractivity contribution in [3.8, 4) is 0 Å². The minimum absolute atomic E-state index is 0.0346. The molecule has 0 aromatic heterocycles. The average Bonchev–Trinajstić information content (AvgIpc) is 2.55. The van der Waals surface area contributed by atoms with Crippen LogP contribution in [0.3, 0.4) is 0 Å². The lowest BCUT2D eigenvalue weighted by atomic mass is 10.1. The van der Waals surface area contributed by atoms with Gasteiger partial charge in [0.25, 0.3) is 0 Å². The van der Waals surface area contributed by atoms with Gasteiger partial charge < -0.3 is 0 Å². The van der Waals surface area contributed by atoms with Gasteiger partial charge in [-0.05, 0) is 28.5 Å². The Bertz CT molecular complexity index is 838. The van der Waals surface area contributed by atoms with Gasteiger partial charge in [-0.1, -0.05) is 66.7 Å². The number of benzene rings is 3. The van der Waals surface area contributed by atoms with Crippen LogP contribution in [0.5, 0.6) is 0 Å². The highest BCUT2D eigenvalue weighted by Gasteiger charge is 1.98. The fourth-order valence-corrected chi connectivity index (χ4v) is 2.20. The molecule has 0 aliphatic carbocycles. The summed E-state index contributed by atoms with van der Waals surface area (Å²) in [4.78, 5) is 11.9. The Hall–Kier alpha value is -2.89. The third-order valence-corrected chi connectivity index (χ3v) is 3.30. The van der Waals surface area contributed by atoms with Crippen molar-refractivity contribution < 1.29 is 4.79 Å². The molecule has 3 aromatic carbocycles. The predicted octanol–water partition coefficient (Wildman–Crippen LogP) is 4.89. The largest absolute Gasteiger partial charge is 0.289 e. The number of carbonyl (C=O) groups is 1. The van der Waals surface area contributed by atoms with Crippen LogP contribution in [0.15, 0.2) is 84.6 Å². The van der Waals surface area contributed by atoms with E-state index in [1.807, 2.05) is 42.5 Å². The molecule has 0 amide bonds. The highest BCUT2D eigenvalue weighted by Crippen LogP contribution is 2.16. The highest BCUT2D eigenvalue weighted by molar-refractivity contribution is 6.04.